The maximum atomic E-state index is 9.39. The molecule has 140 valence electrons. The lowest BCUT2D eigenvalue weighted by Gasteiger charge is -2.39. The lowest BCUT2D eigenvalue weighted by Crippen LogP contribution is -2.46. The number of rotatable bonds is 5. The molecule has 1 fully saturated rings. The number of piperazine rings is 1. The topological polar surface area (TPSA) is 44.7 Å². The summed E-state index contributed by atoms with van der Waals surface area (Å²) in [4.78, 5) is 2.35. The molecule has 0 aromatic heterocycles. The maximum Gasteiger partial charge on any atom is 0.126 e. The fourth-order valence-corrected chi connectivity index (χ4v) is 3.49. The Hall–Kier alpha value is -1.75. The standard InChI is InChI=1S/C21H27ClN2O2/c1-15-4-6-16(7-5-15)20-13-23-10-11-24(20)19-9-8-17(12-18(19)22)26-21(2,3)14-25/h4-9,12,20,23,25H,10-11,13-14H2,1-3H3/t20-/m0/s1. The van der Waals surface area contributed by atoms with E-state index in [1.54, 1.807) is 0 Å². The van der Waals surface area contributed by atoms with E-state index < -0.39 is 5.60 Å². The van der Waals surface area contributed by atoms with Crippen LogP contribution < -0.4 is 15.0 Å². The molecule has 0 spiro atoms. The summed E-state index contributed by atoms with van der Waals surface area (Å²) in [6.07, 6.45) is 0. The van der Waals surface area contributed by atoms with Gasteiger partial charge in [-0.2, -0.15) is 0 Å². The van der Waals surface area contributed by atoms with E-state index in [-0.39, 0.29) is 12.6 Å². The van der Waals surface area contributed by atoms with Gasteiger partial charge in [0, 0.05) is 25.7 Å². The number of benzene rings is 2. The number of aryl methyl sites for hydroxylation is 1. The molecule has 3 rings (SSSR count). The predicted octanol–water partition coefficient (Wildman–Crippen LogP) is 3.95. The van der Waals surface area contributed by atoms with Gasteiger partial charge in [-0.1, -0.05) is 41.4 Å². The van der Waals surface area contributed by atoms with Gasteiger partial charge in [0.15, 0.2) is 0 Å². The first-order chi connectivity index (χ1) is 12.4. The lowest BCUT2D eigenvalue weighted by molar-refractivity contribution is 0.0413. The van der Waals surface area contributed by atoms with Crippen LogP contribution in [0.3, 0.4) is 0 Å². The van der Waals surface area contributed by atoms with Crippen molar-refractivity contribution in [3.05, 3.63) is 58.6 Å². The molecule has 5 heteroatoms. The molecule has 0 unspecified atom stereocenters. The second-order valence-electron chi connectivity index (χ2n) is 7.46. The first-order valence-electron chi connectivity index (χ1n) is 9.03. The molecule has 0 saturated carbocycles. The van der Waals surface area contributed by atoms with Crippen molar-refractivity contribution in [1.82, 2.24) is 5.32 Å². The third kappa shape index (κ3) is 4.32. The van der Waals surface area contributed by atoms with Gasteiger partial charge in [-0.05, 0) is 38.5 Å². The molecule has 1 saturated heterocycles. The van der Waals surface area contributed by atoms with Crippen molar-refractivity contribution < 1.29 is 9.84 Å². The molecular weight excluding hydrogens is 348 g/mol. The summed E-state index contributed by atoms with van der Waals surface area (Å²) in [5, 5.41) is 13.5. The number of hydrogen-bond donors (Lipinski definition) is 2. The largest absolute Gasteiger partial charge is 0.485 e. The fourth-order valence-electron chi connectivity index (χ4n) is 3.21. The number of aliphatic hydroxyl groups is 1. The SMILES string of the molecule is Cc1ccc([C@@H]2CNCCN2c2ccc(OC(C)(C)CO)cc2Cl)cc1. The summed E-state index contributed by atoms with van der Waals surface area (Å²) in [6.45, 7) is 8.44. The molecule has 2 aromatic rings. The number of nitrogens with zero attached hydrogens (tertiary/aromatic N) is 1. The predicted molar refractivity (Wildman–Crippen MR) is 107 cm³/mol. The Balaban J connectivity index is 1.87. The van der Waals surface area contributed by atoms with Crippen LogP contribution in [0.15, 0.2) is 42.5 Å². The van der Waals surface area contributed by atoms with Gasteiger partial charge in [-0.15, -0.1) is 0 Å². The van der Waals surface area contributed by atoms with E-state index >= 15 is 0 Å². The summed E-state index contributed by atoms with van der Waals surface area (Å²) >= 11 is 6.61. The van der Waals surface area contributed by atoms with E-state index in [4.69, 9.17) is 16.3 Å². The Morgan fingerprint density at radius 1 is 1.23 bits per heavy atom. The lowest BCUT2D eigenvalue weighted by atomic mass is 10.0. The maximum absolute atomic E-state index is 9.39. The first kappa shape index (κ1) is 19.0. The molecule has 0 bridgehead atoms. The molecule has 0 radical (unpaired) electrons. The van der Waals surface area contributed by atoms with Gasteiger partial charge in [-0.25, -0.2) is 0 Å². The number of halogens is 1. The van der Waals surface area contributed by atoms with Crippen LogP contribution in [-0.4, -0.2) is 36.9 Å². The van der Waals surface area contributed by atoms with E-state index in [1.807, 2.05) is 32.0 Å². The summed E-state index contributed by atoms with van der Waals surface area (Å²) in [5.74, 6) is 0.667. The van der Waals surface area contributed by atoms with Gasteiger partial charge in [0.05, 0.1) is 23.4 Å². The number of hydrogen-bond acceptors (Lipinski definition) is 4. The molecule has 2 N–H and O–H groups in total. The zero-order valence-electron chi connectivity index (χ0n) is 15.6. The van der Waals surface area contributed by atoms with E-state index in [0.717, 1.165) is 25.3 Å². The minimum Gasteiger partial charge on any atom is -0.485 e. The smallest absolute Gasteiger partial charge is 0.126 e. The van der Waals surface area contributed by atoms with Crippen LogP contribution in [-0.2, 0) is 0 Å². The fraction of sp³-hybridized carbons (Fsp3) is 0.429. The summed E-state index contributed by atoms with van der Waals surface area (Å²) in [6, 6.07) is 14.7. The van der Waals surface area contributed by atoms with Crippen molar-refractivity contribution >= 4 is 17.3 Å². The van der Waals surface area contributed by atoms with Crippen molar-refractivity contribution in [2.75, 3.05) is 31.1 Å². The Morgan fingerprint density at radius 3 is 2.62 bits per heavy atom. The number of aliphatic hydroxyl groups excluding tert-OH is 1. The van der Waals surface area contributed by atoms with Crippen LogP contribution in [0.2, 0.25) is 5.02 Å². The monoisotopic (exact) mass is 374 g/mol. The van der Waals surface area contributed by atoms with E-state index in [1.165, 1.54) is 11.1 Å². The third-order valence-corrected chi connectivity index (χ3v) is 5.01. The Labute approximate surface area is 160 Å². The highest BCUT2D eigenvalue weighted by atomic mass is 35.5. The number of anilines is 1. The van der Waals surface area contributed by atoms with E-state index in [2.05, 4.69) is 41.4 Å². The molecule has 26 heavy (non-hydrogen) atoms. The Kier molecular flexibility index (Phi) is 5.76. The third-order valence-electron chi connectivity index (χ3n) is 4.71. The van der Waals surface area contributed by atoms with Crippen LogP contribution in [0.25, 0.3) is 0 Å². The second-order valence-corrected chi connectivity index (χ2v) is 7.86. The molecule has 1 aliphatic rings. The highest BCUT2D eigenvalue weighted by molar-refractivity contribution is 6.33. The molecule has 4 nitrogen and oxygen atoms in total. The van der Waals surface area contributed by atoms with Gasteiger partial charge in [0.25, 0.3) is 0 Å². The average Bonchev–Trinajstić information content (AvgIpc) is 2.62. The highest BCUT2D eigenvalue weighted by Crippen LogP contribution is 2.36. The van der Waals surface area contributed by atoms with Crippen LogP contribution in [0.5, 0.6) is 5.75 Å². The molecule has 0 aliphatic carbocycles. The normalized spacial score (nSPS) is 18.0. The Morgan fingerprint density at radius 2 is 1.96 bits per heavy atom. The van der Waals surface area contributed by atoms with Gasteiger partial charge >= 0.3 is 0 Å². The minimum absolute atomic E-state index is 0.0559. The minimum atomic E-state index is -0.635. The second kappa shape index (κ2) is 7.87. The van der Waals surface area contributed by atoms with Crippen LogP contribution in [0, 0.1) is 6.92 Å². The van der Waals surface area contributed by atoms with Crippen LogP contribution in [0.1, 0.15) is 31.0 Å². The first-order valence-corrected chi connectivity index (χ1v) is 9.41. The zero-order valence-corrected chi connectivity index (χ0v) is 16.4. The van der Waals surface area contributed by atoms with Crippen molar-refractivity contribution in [3.63, 3.8) is 0 Å². The molecule has 2 aromatic carbocycles. The summed E-state index contributed by atoms with van der Waals surface area (Å²) < 4.78 is 5.83. The van der Waals surface area contributed by atoms with E-state index in [0.29, 0.717) is 10.8 Å². The molecule has 0 amide bonds. The van der Waals surface area contributed by atoms with Crippen molar-refractivity contribution in [3.8, 4) is 5.75 Å². The van der Waals surface area contributed by atoms with Gasteiger partial charge in [0.1, 0.15) is 11.4 Å². The van der Waals surface area contributed by atoms with Crippen LogP contribution >= 0.6 is 11.6 Å². The summed E-state index contributed by atoms with van der Waals surface area (Å²) in [5.41, 5.74) is 2.91. The molecule has 1 heterocycles. The molecular formula is C21H27ClN2O2. The Bertz CT molecular complexity index is 746. The van der Waals surface area contributed by atoms with Crippen molar-refractivity contribution in [2.45, 2.75) is 32.4 Å². The highest BCUT2D eigenvalue weighted by Gasteiger charge is 2.26. The van der Waals surface area contributed by atoms with Crippen molar-refractivity contribution in [2.24, 2.45) is 0 Å². The van der Waals surface area contributed by atoms with Gasteiger partial charge < -0.3 is 20.1 Å². The van der Waals surface area contributed by atoms with Gasteiger partial charge in [-0.3, -0.25) is 0 Å². The van der Waals surface area contributed by atoms with E-state index in [9.17, 15) is 5.11 Å². The van der Waals surface area contributed by atoms with Crippen LogP contribution in [0.4, 0.5) is 5.69 Å². The molecule has 1 atom stereocenters. The van der Waals surface area contributed by atoms with Gasteiger partial charge in [0.2, 0.25) is 0 Å². The number of nitrogens with one attached hydrogen (secondary N) is 1. The molecule has 1 aliphatic heterocycles. The van der Waals surface area contributed by atoms with Crippen molar-refractivity contribution in [1.29, 1.82) is 0 Å². The quantitative estimate of drug-likeness (QED) is 0.831. The average molecular weight is 375 g/mol. The zero-order chi connectivity index (χ0) is 18.7. The summed E-state index contributed by atoms with van der Waals surface area (Å²) in [7, 11) is 0. The number of ether oxygens (including phenoxy) is 1.